The lowest BCUT2D eigenvalue weighted by molar-refractivity contribution is 0.0946. The highest BCUT2D eigenvalue weighted by atomic mass is 16.5. The summed E-state index contributed by atoms with van der Waals surface area (Å²) in [6, 6.07) is 16.8. The molecule has 0 aliphatic carbocycles. The average Bonchev–Trinajstić information content (AvgIpc) is 3.27. The largest absolute Gasteiger partial charge is 0.368 e. The van der Waals surface area contributed by atoms with Gasteiger partial charge in [0.2, 0.25) is 0 Å². The molecule has 3 heterocycles. The van der Waals surface area contributed by atoms with Gasteiger partial charge in [0.1, 0.15) is 23.3 Å². The monoisotopic (exact) mass is 429 g/mol. The minimum Gasteiger partial charge on any atom is -0.368 e. The number of anilines is 3. The highest BCUT2D eigenvalue weighted by Crippen LogP contribution is 2.19. The van der Waals surface area contributed by atoms with Crippen LogP contribution in [0.4, 0.5) is 17.5 Å². The number of nitrogens with zero attached hydrogens (tertiary/aromatic N) is 4. The van der Waals surface area contributed by atoms with Crippen molar-refractivity contribution < 1.29 is 9.32 Å². The Labute approximate surface area is 185 Å². The molecule has 0 spiro atoms. The molecule has 4 rings (SSSR count). The van der Waals surface area contributed by atoms with E-state index in [9.17, 15) is 4.79 Å². The molecule has 0 atom stereocenters. The van der Waals surface area contributed by atoms with E-state index in [0.29, 0.717) is 42.1 Å². The van der Waals surface area contributed by atoms with Crippen molar-refractivity contribution in [1.29, 1.82) is 0 Å². The first-order valence-corrected chi connectivity index (χ1v) is 10.2. The zero-order chi connectivity index (χ0) is 22.3. The SMILES string of the molecule is Cc1ccnc(Nc2cc(NCCNC(=O)c3cc(-c4ccccc4)on3)nc(C)n2)c1. The van der Waals surface area contributed by atoms with Crippen LogP contribution in [-0.2, 0) is 0 Å². The lowest BCUT2D eigenvalue weighted by Crippen LogP contribution is -2.29. The first-order valence-electron chi connectivity index (χ1n) is 10.2. The van der Waals surface area contributed by atoms with Gasteiger partial charge in [-0.3, -0.25) is 4.79 Å². The Bertz CT molecular complexity index is 1210. The average molecular weight is 429 g/mol. The van der Waals surface area contributed by atoms with E-state index in [1.807, 2.05) is 56.3 Å². The number of hydrogen-bond acceptors (Lipinski definition) is 8. The van der Waals surface area contributed by atoms with Gasteiger partial charge in [-0.2, -0.15) is 0 Å². The molecule has 3 N–H and O–H groups in total. The molecular formula is C23H23N7O2. The summed E-state index contributed by atoms with van der Waals surface area (Å²) >= 11 is 0. The minimum atomic E-state index is -0.301. The van der Waals surface area contributed by atoms with Crippen molar-refractivity contribution in [1.82, 2.24) is 25.4 Å². The van der Waals surface area contributed by atoms with Crippen LogP contribution >= 0.6 is 0 Å². The highest BCUT2D eigenvalue weighted by Gasteiger charge is 2.13. The third kappa shape index (κ3) is 5.45. The van der Waals surface area contributed by atoms with Gasteiger partial charge in [0.25, 0.3) is 5.91 Å². The van der Waals surface area contributed by atoms with Crippen LogP contribution in [0.2, 0.25) is 0 Å². The molecule has 1 amide bonds. The number of benzene rings is 1. The number of aryl methyl sites for hydroxylation is 2. The molecule has 0 saturated carbocycles. The maximum atomic E-state index is 12.3. The quantitative estimate of drug-likeness (QED) is 0.363. The molecule has 0 saturated heterocycles. The summed E-state index contributed by atoms with van der Waals surface area (Å²) in [7, 11) is 0. The third-order valence-corrected chi connectivity index (χ3v) is 4.53. The van der Waals surface area contributed by atoms with Gasteiger partial charge in [-0.15, -0.1) is 0 Å². The standard InChI is InChI=1S/C23H23N7O2/c1-15-8-9-24-20(12-15)29-22-14-21(27-16(2)28-22)25-10-11-26-23(31)18-13-19(32-30-18)17-6-4-3-5-7-17/h3-9,12-14H,10-11H2,1-2H3,(H,26,31)(H2,24,25,27,28,29). The summed E-state index contributed by atoms with van der Waals surface area (Å²) in [6.07, 6.45) is 1.74. The van der Waals surface area contributed by atoms with E-state index in [1.54, 1.807) is 18.3 Å². The zero-order valence-electron chi connectivity index (χ0n) is 17.8. The van der Waals surface area contributed by atoms with Gasteiger partial charge in [0, 0.05) is 37.0 Å². The number of nitrogens with one attached hydrogen (secondary N) is 3. The van der Waals surface area contributed by atoms with Gasteiger partial charge in [-0.1, -0.05) is 35.5 Å². The van der Waals surface area contributed by atoms with Crippen LogP contribution in [0, 0.1) is 13.8 Å². The summed E-state index contributed by atoms with van der Waals surface area (Å²) in [5.74, 6) is 2.86. The summed E-state index contributed by atoms with van der Waals surface area (Å²) in [5.41, 5.74) is 2.20. The van der Waals surface area contributed by atoms with Crippen LogP contribution in [0.25, 0.3) is 11.3 Å². The van der Waals surface area contributed by atoms with Crippen molar-refractivity contribution in [3.63, 3.8) is 0 Å². The van der Waals surface area contributed by atoms with E-state index >= 15 is 0 Å². The minimum absolute atomic E-state index is 0.235. The van der Waals surface area contributed by atoms with Gasteiger partial charge < -0.3 is 20.5 Å². The van der Waals surface area contributed by atoms with Crippen molar-refractivity contribution >= 4 is 23.4 Å². The lowest BCUT2D eigenvalue weighted by Gasteiger charge is -2.10. The highest BCUT2D eigenvalue weighted by molar-refractivity contribution is 5.93. The number of pyridine rings is 1. The van der Waals surface area contributed by atoms with Crippen molar-refractivity contribution in [3.05, 3.63) is 77.9 Å². The van der Waals surface area contributed by atoms with Crippen LogP contribution in [-0.4, -0.2) is 39.1 Å². The number of hydrogen-bond donors (Lipinski definition) is 3. The summed E-state index contributed by atoms with van der Waals surface area (Å²) in [4.78, 5) is 25.4. The predicted molar refractivity (Wildman–Crippen MR) is 122 cm³/mol. The Balaban J connectivity index is 1.29. The molecule has 162 valence electrons. The molecule has 0 aliphatic heterocycles. The fourth-order valence-electron chi connectivity index (χ4n) is 3.04. The number of carbonyl (C=O) groups excluding carboxylic acids is 1. The van der Waals surface area contributed by atoms with Crippen LogP contribution < -0.4 is 16.0 Å². The lowest BCUT2D eigenvalue weighted by atomic mass is 10.1. The van der Waals surface area contributed by atoms with E-state index in [1.165, 1.54) is 0 Å². The van der Waals surface area contributed by atoms with Gasteiger partial charge in [-0.25, -0.2) is 15.0 Å². The van der Waals surface area contributed by atoms with E-state index in [2.05, 4.69) is 36.1 Å². The molecule has 0 fully saturated rings. The number of carbonyl (C=O) groups is 1. The second kappa shape index (κ2) is 9.69. The summed E-state index contributed by atoms with van der Waals surface area (Å²) < 4.78 is 5.27. The molecule has 4 aromatic rings. The number of aromatic nitrogens is 4. The van der Waals surface area contributed by atoms with E-state index in [4.69, 9.17) is 4.52 Å². The van der Waals surface area contributed by atoms with Crippen LogP contribution in [0.1, 0.15) is 21.9 Å². The molecule has 0 unspecified atom stereocenters. The Morgan fingerprint density at radius 1 is 0.938 bits per heavy atom. The molecule has 0 radical (unpaired) electrons. The van der Waals surface area contributed by atoms with E-state index < -0.39 is 0 Å². The van der Waals surface area contributed by atoms with Crippen molar-refractivity contribution in [3.8, 4) is 11.3 Å². The molecule has 9 nitrogen and oxygen atoms in total. The second-order valence-corrected chi connectivity index (χ2v) is 7.15. The molecule has 0 aliphatic rings. The smallest absolute Gasteiger partial charge is 0.273 e. The maximum Gasteiger partial charge on any atom is 0.273 e. The van der Waals surface area contributed by atoms with Gasteiger partial charge in [-0.05, 0) is 31.5 Å². The fourth-order valence-corrected chi connectivity index (χ4v) is 3.04. The maximum absolute atomic E-state index is 12.3. The summed E-state index contributed by atoms with van der Waals surface area (Å²) in [6.45, 7) is 4.68. The number of rotatable bonds is 8. The number of amides is 1. The molecule has 9 heteroatoms. The van der Waals surface area contributed by atoms with Crippen molar-refractivity contribution in [2.45, 2.75) is 13.8 Å². The Kier molecular flexibility index (Phi) is 6.35. The Hall–Kier alpha value is -4.27. The van der Waals surface area contributed by atoms with Crippen molar-refractivity contribution in [2.24, 2.45) is 0 Å². The van der Waals surface area contributed by atoms with E-state index in [-0.39, 0.29) is 11.6 Å². The molecule has 32 heavy (non-hydrogen) atoms. The van der Waals surface area contributed by atoms with Gasteiger partial charge in [0.15, 0.2) is 11.5 Å². The molecular weight excluding hydrogens is 406 g/mol. The molecule has 0 bridgehead atoms. The predicted octanol–water partition coefficient (Wildman–Crippen LogP) is 3.73. The van der Waals surface area contributed by atoms with E-state index in [0.717, 1.165) is 11.1 Å². The van der Waals surface area contributed by atoms with Gasteiger partial charge in [0.05, 0.1) is 0 Å². The Morgan fingerprint density at radius 2 is 1.75 bits per heavy atom. The van der Waals surface area contributed by atoms with Crippen LogP contribution in [0.15, 0.2) is 65.3 Å². The second-order valence-electron chi connectivity index (χ2n) is 7.15. The third-order valence-electron chi connectivity index (χ3n) is 4.53. The van der Waals surface area contributed by atoms with Crippen LogP contribution in [0.3, 0.4) is 0 Å². The van der Waals surface area contributed by atoms with Crippen molar-refractivity contribution in [2.75, 3.05) is 23.7 Å². The first kappa shape index (κ1) is 21.0. The molecule has 1 aromatic carbocycles. The topological polar surface area (TPSA) is 118 Å². The Morgan fingerprint density at radius 3 is 2.56 bits per heavy atom. The normalized spacial score (nSPS) is 10.6. The molecule has 3 aromatic heterocycles. The first-order chi connectivity index (χ1) is 15.6. The summed E-state index contributed by atoms with van der Waals surface area (Å²) in [5, 5.41) is 13.0. The van der Waals surface area contributed by atoms with Crippen LogP contribution in [0.5, 0.6) is 0 Å². The zero-order valence-corrected chi connectivity index (χ0v) is 17.8. The van der Waals surface area contributed by atoms with Gasteiger partial charge >= 0.3 is 0 Å². The fraction of sp³-hybridized carbons (Fsp3) is 0.174.